The number of anilines is 1. The van der Waals surface area contributed by atoms with Gasteiger partial charge in [0.25, 0.3) is 5.91 Å². The predicted molar refractivity (Wildman–Crippen MR) is 73.8 cm³/mol. The highest BCUT2D eigenvalue weighted by Crippen LogP contribution is 2.19. The Hall–Kier alpha value is -2.89. The average molecular weight is 285 g/mol. The van der Waals surface area contributed by atoms with Crippen molar-refractivity contribution < 1.29 is 13.6 Å². The van der Waals surface area contributed by atoms with Gasteiger partial charge in [0.2, 0.25) is 0 Å². The molecule has 104 valence electrons. The van der Waals surface area contributed by atoms with Crippen molar-refractivity contribution in [2.24, 2.45) is 0 Å². The molecule has 0 aliphatic carbocycles. The summed E-state index contributed by atoms with van der Waals surface area (Å²) in [5.74, 6) is -2.42. The first-order chi connectivity index (χ1) is 10.1. The van der Waals surface area contributed by atoms with E-state index in [9.17, 15) is 13.6 Å². The van der Waals surface area contributed by atoms with E-state index in [1.54, 1.807) is 24.3 Å². The molecule has 2 aromatic carbocycles. The molecule has 0 bridgehead atoms. The molecule has 0 unspecified atom stereocenters. The van der Waals surface area contributed by atoms with E-state index in [0.717, 1.165) is 12.1 Å². The number of para-hydroxylation sites is 1. The number of amides is 1. The van der Waals surface area contributed by atoms with Crippen molar-refractivity contribution in [3.63, 3.8) is 0 Å². The van der Waals surface area contributed by atoms with E-state index in [1.165, 1.54) is 12.1 Å². The van der Waals surface area contributed by atoms with E-state index in [2.05, 4.69) is 15.5 Å². The number of nitrogens with zero attached hydrogens (tertiary/aromatic N) is 2. The predicted octanol–water partition coefficient (Wildman–Crippen LogP) is 3.16. The van der Waals surface area contributed by atoms with Crippen LogP contribution in [0.4, 0.5) is 14.5 Å². The third-order valence-corrected chi connectivity index (χ3v) is 2.93. The molecule has 0 aliphatic heterocycles. The van der Waals surface area contributed by atoms with E-state index in [0.29, 0.717) is 10.9 Å². The van der Waals surface area contributed by atoms with E-state index in [1.807, 2.05) is 0 Å². The minimum atomic E-state index is -0.850. The van der Waals surface area contributed by atoms with Crippen LogP contribution in [-0.4, -0.2) is 16.1 Å². The molecule has 0 spiro atoms. The zero-order valence-corrected chi connectivity index (χ0v) is 10.7. The van der Waals surface area contributed by atoms with Crippen LogP contribution in [0.2, 0.25) is 0 Å². The number of carbonyl (C=O) groups excluding carboxylic acids is 1. The minimum Gasteiger partial charge on any atom is -0.316 e. The topological polar surface area (TPSA) is 54.9 Å². The van der Waals surface area contributed by atoms with E-state index >= 15 is 0 Å². The maximum atomic E-state index is 13.5. The summed E-state index contributed by atoms with van der Waals surface area (Å²) in [5.41, 5.74) is 0.111. The first kappa shape index (κ1) is 13.1. The van der Waals surface area contributed by atoms with E-state index in [-0.39, 0.29) is 5.69 Å². The number of nitrogens with one attached hydrogen (secondary N) is 1. The fourth-order valence-electron chi connectivity index (χ4n) is 1.89. The second-order valence-corrected chi connectivity index (χ2v) is 4.34. The zero-order chi connectivity index (χ0) is 14.8. The second kappa shape index (κ2) is 5.24. The van der Waals surface area contributed by atoms with Crippen molar-refractivity contribution in [3.05, 3.63) is 65.9 Å². The van der Waals surface area contributed by atoms with Gasteiger partial charge in [0.15, 0.2) is 5.69 Å². The smallest absolute Gasteiger partial charge is 0.276 e. The fraction of sp³-hybridized carbons (Fsp3) is 0. The molecular weight excluding hydrogens is 276 g/mol. The second-order valence-electron chi connectivity index (χ2n) is 4.34. The molecular formula is C15H9F2N3O. The van der Waals surface area contributed by atoms with Gasteiger partial charge in [-0.2, -0.15) is 0 Å². The van der Waals surface area contributed by atoms with Gasteiger partial charge in [-0.3, -0.25) is 4.79 Å². The number of carbonyl (C=O) groups is 1. The van der Waals surface area contributed by atoms with Gasteiger partial charge >= 0.3 is 0 Å². The normalized spacial score (nSPS) is 10.6. The number of rotatable bonds is 2. The first-order valence-corrected chi connectivity index (χ1v) is 6.13. The van der Waals surface area contributed by atoms with Crippen LogP contribution in [0.15, 0.2) is 48.5 Å². The first-order valence-electron chi connectivity index (χ1n) is 6.13. The SMILES string of the molecule is O=C(Nc1c(F)cccc1F)c1cc2ccccc2nn1. The third-order valence-electron chi connectivity index (χ3n) is 2.93. The van der Waals surface area contributed by atoms with Crippen LogP contribution in [0.3, 0.4) is 0 Å². The highest BCUT2D eigenvalue weighted by molar-refractivity contribution is 6.04. The fourth-order valence-corrected chi connectivity index (χ4v) is 1.89. The molecule has 0 aliphatic rings. The summed E-state index contributed by atoms with van der Waals surface area (Å²) in [5, 5.41) is 10.5. The molecule has 1 N–H and O–H groups in total. The zero-order valence-electron chi connectivity index (χ0n) is 10.7. The van der Waals surface area contributed by atoms with Gasteiger partial charge < -0.3 is 5.32 Å². The molecule has 3 rings (SSSR count). The van der Waals surface area contributed by atoms with Gasteiger partial charge in [0.05, 0.1) is 5.52 Å². The van der Waals surface area contributed by atoms with Crippen LogP contribution in [0.5, 0.6) is 0 Å². The van der Waals surface area contributed by atoms with Crippen LogP contribution in [-0.2, 0) is 0 Å². The monoisotopic (exact) mass is 285 g/mol. The summed E-state index contributed by atoms with van der Waals surface area (Å²) >= 11 is 0. The molecule has 1 aromatic heterocycles. The molecule has 0 saturated carbocycles. The molecule has 6 heteroatoms. The Bertz CT molecular complexity index is 816. The van der Waals surface area contributed by atoms with Gasteiger partial charge in [0.1, 0.15) is 17.3 Å². The molecule has 21 heavy (non-hydrogen) atoms. The van der Waals surface area contributed by atoms with Crippen molar-refractivity contribution in [2.75, 3.05) is 5.32 Å². The molecule has 4 nitrogen and oxygen atoms in total. The van der Waals surface area contributed by atoms with E-state index in [4.69, 9.17) is 0 Å². The van der Waals surface area contributed by atoms with Crippen LogP contribution < -0.4 is 5.32 Å². The Balaban J connectivity index is 1.94. The van der Waals surface area contributed by atoms with E-state index < -0.39 is 23.2 Å². The van der Waals surface area contributed by atoms with Crippen molar-refractivity contribution >= 4 is 22.5 Å². The number of hydrogen-bond acceptors (Lipinski definition) is 3. The lowest BCUT2D eigenvalue weighted by atomic mass is 10.2. The van der Waals surface area contributed by atoms with Crippen LogP contribution in [0.1, 0.15) is 10.5 Å². The summed E-state index contributed by atoms with van der Waals surface area (Å²) in [6, 6.07) is 12.0. The highest BCUT2D eigenvalue weighted by atomic mass is 19.1. The molecule has 1 heterocycles. The third kappa shape index (κ3) is 2.55. The Morgan fingerprint density at radius 1 is 0.952 bits per heavy atom. The van der Waals surface area contributed by atoms with Gasteiger partial charge in [0, 0.05) is 5.39 Å². The maximum Gasteiger partial charge on any atom is 0.276 e. The summed E-state index contributed by atoms with van der Waals surface area (Å²) in [6.07, 6.45) is 0. The summed E-state index contributed by atoms with van der Waals surface area (Å²) < 4.78 is 27.0. The largest absolute Gasteiger partial charge is 0.316 e. The van der Waals surface area contributed by atoms with Crippen molar-refractivity contribution in [1.82, 2.24) is 10.2 Å². The number of aromatic nitrogens is 2. The van der Waals surface area contributed by atoms with Crippen LogP contribution in [0.25, 0.3) is 10.9 Å². The Labute approximate surface area is 118 Å². The average Bonchev–Trinajstić information content (AvgIpc) is 2.50. The molecule has 1 amide bonds. The Kier molecular flexibility index (Phi) is 3.27. The van der Waals surface area contributed by atoms with Crippen LogP contribution >= 0.6 is 0 Å². The molecule has 3 aromatic rings. The number of halogens is 2. The Morgan fingerprint density at radius 2 is 1.67 bits per heavy atom. The van der Waals surface area contributed by atoms with Gasteiger partial charge in [-0.05, 0) is 24.3 Å². The number of benzene rings is 2. The maximum absolute atomic E-state index is 13.5. The van der Waals surface area contributed by atoms with Gasteiger partial charge in [-0.25, -0.2) is 8.78 Å². The van der Waals surface area contributed by atoms with Gasteiger partial charge in [-0.15, -0.1) is 10.2 Å². The molecule has 0 atom stereocenters. The van der Waals surface area contributed by atoms with Gasteiger partial charge in [-0.1, -0.05) is 24.3 Å². The number of hydrogen-bond donors (Lipinski definition) is 1. The molecule has 0 saturated heterocycles. The lowest BCUT2D eigenvalue weighted by Crippen LogP contribution is -2.16. The lowest BCUT2D eigenvalue weighted by Gasteiger charge is -2.07. The highest BCUT2D eigenvalue weighted by Gasteiger charge is 2.15. The molecule has 0 radical (unpaired) electrons. The number of fused-ring (bicyclic) bond motifs is 1. The summed E-state index contributed by atoms with van der Waals surface area (Å²) in [6.45, 7) is 0. The summed E-state index contributed by atoms with van der Waals surface area (Å²) in [4.78, 5) is 12.0. The molecule has 0 fully saturated rings. The Morgan fingerprint density at radius 3 is 2.43 bits per heavy atom. The van der Waals surface area contributed by atoms with Crippen molar-refractivity contribution in [3.8, 4) is 0 Å². The van der Waals surface area contributed by atoms with Crippen LogP contribution in [0, 0.1) is 11.6 Å². The minimum absolute atomic E-state index is 0.0173. The summed E-state index contributed by atoms with van der Waals surface area (Å²) in [7, 11) is 0. The van der Waals surface area contributed by atoms with Crippen molar-refractivity contribution in [2.45, 2.75) is 0 Å². The standard InChI is InChI=1S/C15H9F2N3O/c16-10-5-3-6-11(17)14(10)18-15(21)13-8-9-4-1-2-7-12(9)19-20-13/h1-8H,(H,18,21). The lowest BCUT2D eigenvalue weighted by molar-refractivity contribution is 0.102. The van der Waals surface area contributed by atoms with Crippen molar-refractivity contribution in [1.29, 1.82) is 0 Å². The quantitative estimate of drug-likeness (QED) is 0.787.